The van der Waals surface area contributed by atoms with Crippen molar-refractivity contribution in [2.45, 2.75) is 64.1 Å². The summed E-state index contributed by atoms with van der Waals surface area (Å²) in [5, 5.41) is 15.2. The van der Waals surface area contributed by atoms with E-state index in [4.69, 9.17) is 4.74 Å². The Kier molecular flexibility index (Phi) is 6.93. The van der Waals surface area contributed by atoms with Crippen LogP contribution in [-0.4, -0.2) is 47.0 Å². The maximum atomic E-state index is 13.2. The third kappa shape index (κ3) is 5.60. The molecule has 1 aliphatic heterocycles. The minimum atomic E-state index is -1.16. The number of hydrogen-bond donors (Lipinski definition) is 3. The van der Waals surface area contributed by atoms with Gasteiger partial charge in [-0.15, -0.1) is 0 Å². The predicted octanol–water partition coefficient (Wildman–Crippen LogP) is 2.89. The average Bonchev–Trinajstić information content (AvgIpc) is 3.01. The molecule has 2 aromatic carbocycles. The van der Waals surface area contributed by atoms with Crippen LogP contribution in [0.25, 0.3) is 0 Å². The maximum absolute atomic E-state index is 13.2. The summed E-state index contributed by atoms with van der Waals surface area (Å²) in [6.07, 6.45) is -0.291. The molecule has 0 spiro atoms. The summed E-state index contributed by atoms with van der Waals surface area (Å²) in [5.41, 5.74) is 1.08. The van der Waals surface area contributed by atoms with Crippen molar-refractivity contribution in [2.75, 3.05) is 6.61 Å². The third-order valence-corrected chi connectivity index (χ3v) is 6.25. The van der Waals surface area contributed by atoms with Gasteiger partial charge in [-0.1, -0.05) is 45.0 Å². The monoisotopic (exact) mass is 452 g/mol. The number of phenols is 1. The molecular formula is C26H32N2O5. The van der Waals surface area contributed by atoms with Crippen molar-refractivity contribution in [3.8, 4) is 5.75 Å². The summed E-state index contributed by atoms with van der Waals surface area (Å²) in [6, 6.07) is 12.8. The number of benzene rings is 2. The van der Waals surface area contributed by atoms with Crippen LogP contribution in [0.4, 0.5) is 0 Å². The Balaban J connectivity index is 1.82. The van der Waals surface area contributed by atoms with Crippen LogP contribution in [-0.2, 0) is 26.2 Å². The van der Waals surface area contributed by atoms with Gasteiger partial charge >= 0.3 is 0 Å². The molecule has 0 bridgehead atoms. The highest BCUT2D eigenvalue weighted by Gasteiger charge is 2.47. The van der Waals surface area contributed by atoms with Crippen molar-refractivity contribution in [1.82, 2.24) is 10.6 Å². The standard InChI is InChI=1S/C26H32N2O5/c1-16-26(5,22(30)15-33-16)28-24(32)21(14-17-6-12-20(29)13-7-17)27-23(31)18-8-10-19(11-9-18)25(2,3)4/h6-13,16,21,29H,14-15H2,1-5H3,(H,27,31)(H,28,32)/t16-,21+,26-/m1/s1. The van der Waals surface area contributed by atoms with Crippen molar-refractivity contribution in [2.24, 2.45) is 0 Å². The minimum Gasteiger partial charge on any atom is -0.508 e. The molecule has 0 unspecified atom stereocenters. The van der Waals surface area contributed by atoms with E-state index in [2.05, 4.69) is 31.4 Å². The van der Waals surface area contributed by atoms with Crippen LogP contribution in [0.2, 0.25) is 0 Å². The Morgan fingerprint density at radius 1 is 1.12 bits per heavy atom. The van der Waals surface area contributed by atoms with Gasteiger partial charge in [0.25, 0.3) is 5.91 Å². The van der Waals surface area contributed by atoms with Crippen molar-refractivity contribution in [3.63, 3.8) is 0 Å². The molecule has 0 aliphatic carbocycles. The second-order valence-corrected chi connectivity index (χ2v) is 9.79. The minimum absolute atomic E-state index is 0.0433. The second kappa shape index (κ2) is 9.35. The lowest BCUT2D eigenvalue weighted by Crippen LogP contribution is -2.60. The van der Waals surface area contributed by atoms with Gasteiger partial charge in [0.05, 0.1) is 6.10 Å². The van der Waals surface area contributed by atoms with Gasteiger partial charge in [0.2, 0.25) is 5.91 Å². The topological polar surface area (TPSA) is 105 Å². The largest absolute Gasteiger partial charge is 0.508 e. The fourth-order valence-corrected chi connectivity index (χ4v) is 3.70. The van der Waals surface area contributed by atoms with Crippen molar-refractivity contribution < 1.29 is 24.2 Å². The highest BCUT2D eigenvalue weighted by Crippen LogP contribution is 2.24. The number of ketones is 1. The summed E-state index contributed by atoms with van der Waals surface area (Å²) in [7, 11) is 0. The quantitative estimate of drug-likeness (QED) is 0.625. The molecule has 3 atom stereocenters. The SMILES string of the molecule is C[C@H]1OCC(=O)[C@]1(C)NC(=O)[C@H](Cc1ccc(O)cc1)NC(=O)c1ccc(C(C)(C)C)cc1. The molecule has 2 aromatic rings. The predicted molar refractivity (Wildman–Crippen MR) is 125 cm³/mol. The normalized spacial score (nSPS) is 21.5. The summed E-state index contributed by atoms with van der Waals surface area (Å²) in [5.74, 6) is -0.967. The molecule has 1 fully saturated rings. The van der Waals surface area contributed by atoms with Gasteiger partial charge in [0.15, 0.2) is 5.78 Å². The van der Waals surface area contributed by atoms with E-state index in [0.717, 1.165) is 11.1 Å². The van der Waals surface area contributed by atoms with Crippen LogP contribution >= 0.6 is 0 Å². The zero-order valence-corrected chi connectivity index (χ0v) is 19.8. The van der Waals surface area contributed by atoms with Crippen LogP contribution < -0.4 is 10.6 Å². The van der Waals surface area contributed by atoms with E-state index in [1.165, 1.54) is 12.1 Å². The molecular weight excluding hydrogens is 420 g/mol. The Labute approximate surface area is 194 Å². The van der Waals surface area contributed by atoms with E-state index in [0.29, 0.717) is 5.56 Å². The number of ether oxygens (including phenoxy) is 1. The van der Waals surface area contributed by atoms with E-state index in [1.807, 2.05) is 12.1 Å². The molecule has 0 radical (unpaired) electrons. The summed E-state index contributed by atoms with van der Waals surface area (Å²) < 4.78 is 5.40. The first kappa shape index (κ1) is 24.5. The zero-order chi connectivity index (χ0) is 24.4. The van der Waals surface area contributed by atoms with Gasteiger partial charge in [-0.3, -0.25) is 14.4 Å². The van der Waals surface area contributed by atoms with Gasteiger partial charge in [0.1, 0.15) is 23.9 Å². The van der Waals surface area contributed by atoms with Crippen LogP contribution in [0, 0.1) is 0 Å². The number of carbonyl (C=O) groups excluding carboxylic acids is 3. The van der Waals surface area contributed by atoms with Crippen molar-refractivity contribution in [3.05, 3.63) is 65.2 Å². The van der Waals surface area contributed by atoms with E-state index < -0.39 is 23.6 Å². The molecule has 33 heavy (non-hydrogen) atoms. The molecule has 7 nitrogen and oxygen atoms in total. The number of aromatic hydroxyl groups is 1. The zero-order valence-electron chi connectivity index (χ0n) is 19.8. The van der Waals surface area contributed by atoms with E-state index in [1.54, 1.807) is 38.1 Å². The maximum Gasteiger partial charge on any atom is 0.251 e. The van der Waals surface area contributed by atoms with Gasteiger partial charge in [-0.05, 0) is 54.7 Å². The highest BCUT2D eigenvalue weighted by atomic mass is 16.5. The Bertz CT molecular complexity index is 1020. The Morgan fingerprint density at radius 3 is 2.24 bits per heavy atom. The van der Waals surface area contributed by atoms with Gasteiger partial charge in [-0.2, -0.15) is 0 Å². The molecule has 2 amide bonds. The van der Waals surface area contributed by atoms with Crippen LogP contribution in [0.1, 0.15) is 56.1 Å². The number of carbonyl (C=O) groups is 3. The summed E-state index contributed by atoms with van der Waals surface area (Å²) in [4.78, 5) is 38.6. The van der Waals surface area contributed by atoms with Crippen LogP contribution in [0.5, 0.6) is 5.75 Å². The molecule has 176 valence electrons. The molecule has 7 heteroatoms. The molecule has 1 saturated heterocycles. The fraction of sp³-hybridized carbons (Fsp3) is 0.423. The lowest BCUT2D eigenvalue weighted by molar-refractivity contribution is -0.130. The smallest absolute Gasteiger partial charge is 0.251 e. The average molecular weight is 453 g/mol. The number of Topliss-reactive ketones (excluding diaryl/α,β-unsaturated/α-hetero) is 1. The number of nitrogens with one attached hydrogen (secondary N) is 2. The molecule has 0 saturated carbocycles. The number of rotatable bonds is 6. The summed E-state index contributed by atoms with van der Waals surface area (Å²) in [6.45, 7) is 9.58. The lowest BCUT2D eigenvalue weighted by Gasteiger charge is -2.30. The second-order valence-electron chi connectivity index (χ2n) is 9.79. The van der Waals surface area contributed by atoms with E-state index in [9.17, 15) is 19.5 Å². The first-order chi connectivity index (χ1) is 15.4. The number of amides is 2. The van der Waals surface area contributed by atoms with Crippen molar-refractivity contribution >= 4 is 17.6 Å². The highest BCUT2D eigenvalue weighted by molar-refractivity contribution is 6.00. The van der Waals surface area contributed by atoms with Crippen LogP contribution in [0.3, 0.4) is 0 Å². The number of hydrogen-bond acceptors (Lipinski definition) is 5. The number of phenolic OH excluding ortho intramolecular Hbond substituents is 1. The molecule has 1 aliphatic rings. The Morgan fingerprint density at radius 2 is 1.73 bits per heavy atom. The van der Waals surface area contributed by atoms with Gasteiger partial charge in [0, 0.05) is 12.0 Å². The lowest BCUT2D eigenvalue weighted by atomic mass is 9.86. The molecule has 0 aromatic heterocycles. The molecule has 1 heterocycles. The van der Waals surface area contributed by atoms with Crippen LogP contribution in [0.15, 0.2) is 48.5 Å². The molecule has 3 N–H and O–H groups in total. The van der Waals surface area contributed by atoms with E-state index in [-0.39, 0.29) is 35.9 Å². The van der Waals surface area contributed by atoms with Gasteiger partial charge in [-0.25, -0.2) is 0 Å². The van der Waals surface area contributed by atoms with Gasteiger partial charge < -0.3 is 20.5 Å². The third-order valence-electron chi connectivity index (χ3n) is 6.25. The van der Waals surface area contributed by atoms with Crippen molar-refractivity contribution in [1.29, 1.82) is 0 Å². The van der Waals surface area contributed by atoms with E-state index >= 15 is 0 Å². The first-order valence-electron chi connectivity index (χ1n) is 11.1. The first-order valence-corrected chi connectivity index (χ1v) is 11.1. The fourth-order valence-electron chi connectivity index (χ4n) is 3.70. The molecule has 3 rings (SSSR count). The Hall–Kier alpha value is -3.19. The summed E-state index contributed by atoms with van der Waals surface area (Å²) >= 11 is 0.